The normalized spacial score (nSPS) is 19.7. The summed E-state index contributed by atoms with van der Waals surface area (Å²) in [7, 11) is -2.23. The first-order valence-corrected chi connectivity index (χ1v) is 10.8. The molecule has 1 N–H and O–H groups in total. The average Bonchev–Trinajstić information content (AvgIpc) is 2.86. The van der Waals surface area contributed by atoms with Crippen LogP contribution >= 0.6 is 0 Å². The fourth-order valence-corrected chi connectivity index (χ4v) is 4.66. The smallest absolute Gasteiger partial charge is 0.241 e. The number of hydrogen-bond donors (Lipinski definition) is 1. The van der Waals surface area contributed by atoms with Crippen LogP contribution in [0.3, 0.4) is 0 Å². The number of carbonyl (C=O) groups excluding carboxylic acids is 1. The Labute approximate surface area is 157 Å². The van der Waals surface area contributed by atoms with E-state index in [-0.39, 0.29) is 10.8 Å². The summed E-state index contributed by atoms with van der Waals surface area (Å²) in [5.74, 6) is 1.10. The van der Waals surface area contributed by atoms with Crippen molar-refractivity contribution in [3.8, 4) is 5.75 Å². The summed E-state index contributed by atoms with van der Waals surface area (Å²) < 4.78 is 32.6. The van der Waals surface area contributed by atoms with Crippen LogP contribution in [0.15, 0.2) is 29.2 Å². The van der Waals surface area contributed by atoms with Gasteiger partial charge in [0.15, 0.2) is 0 Å². The van der Waals surface area contributed by atoms with Gasteiger partial charge in [0.2, 0.25) is 15.9 Å². The van der Waals surface area contributed by atoms with E-state index in [0.29, 0.717) is 24.8 Å². The number of nitrogens with zero attached hydrogens (tertiary/aromatic N) is 1. The number of amides is 1. The summed E-state index contributed by atoms with van der Waals surface area (Å²) in [6.07, 6.45) is 5.48. The largest absolute Gasteiger partial charge is 0.497 e. The monoisotopic (exact) mass is 382 g/mol. The lowest BCUT2D eigenvalue weighted by Crippen LogP contribution is -2.47. The van der Waals surface area contributed by atoms with Gasteiger partial charge in [-0.05, 0) is 56.4 Å². The highest BCUT2D eigenvalue weighted by molar-refractivity contribution is 7.89. The van der Waals surface area contributed by atoms with E-state index in [1.807, 2.05) is 0 Å². The van der Waals surface area contributed by atoms with E-state index in [0.717, 1.165) is 25.7 Å². The molecular formula is C19H30N2O4S. The van der Waals surface area contributed by atoms with Gasteiger partial charge in [-0.1, -0.05) is 19.8 Å². The van der Waals surface area contributed by atoms with E-state index in [2.05, 4.69) is 11.6 Å². The van der Waals surface area contributed by atoms with Crippen LogP contribution in [0.25, 0.3) is 0 Å². The van der Waals surface area contributed by atoms with Gasteiger partial charge in [-0.25, -0.2) is 8.42 Å². The Hall–Kier alpha value is -1.60. The molecule has 1 aliphatic heterocycles. The van der Waals surface area contributed by atoms with Crippen molar-refractivity contribution >= 4 is 15.9 Å². The second kappa shape index (κ2) is 9.37. The standard InChI is InChI=1S/C19H30N2O4S/c1-4-6-16-7-5-13-21(14-12-16)19(22)15(2)20-26(23,24)18-10-8-17(25-3)9-11-18/h8-11,15-16,20H,4-7,12-14H2,1-3H3/t15-,16?/m0/s1. The van der Waals surface area contributed by atoms with Gasteiger partial charge in [0.25, 0.3) is 0 Å². The van der Waals surface area contributed by atoms with Gasteiger partial charge in [-0.2, -0.15) is 4.72 Å². The van der Waals surface area contributed by atoms with E-state index in [1.54, 1.807) is 24.0 Å². The molecule has 26 heavy (non-hydrogen) atoms. The van der Waals surface area contributed by atoms with Gasteiger partial charge in [0.1, 0.15) is 5.75 Å². The molecule has 1 aromatic rings. The minimum Gasteiger partial charge on any atom is -0.497 e. The van der Waals surface area contributed by atoms with Crippen LogP contribution < -0.4 is 9.46 Å². The molecule has 0 bridgehead atoms. The predicted molar refractivity (Wildman–Crippen MR) is 102 cm³/mol. The van der Waals surface area contributed by atoms with Crippen LogP contribution in [0.2, 0.25) is 0 Å². The summed E-state index contributed by atoms with van der Waals surface area (Å²) in [4.78, 5) is 14.6. The van der Waals surface area contributed by atoms with Crippen molar-refractivity contribution in [2.45, 2.75) is 56.9 Å². The molecule has 7 heteroatoms. The molecule has 2 rings (SSSR count). The number of hydrogen-bond acceptors (Lipinski definition) is 4. The molecule has 0 saturated carbocycles. The first-order valence-electron chi connectivity index (χ1n) is 9.32. The van der Waals surface area contributed by atoms with Gasteiger partial charge in [-0.15, -0.1) is 0 Å². The molecule has 0 spiro atoms. The number of likely N-dealkylation sites (tertiary alicyclic amines) is 1. The fourth-order valence-electron chi connectivity index (χ4n) is 3.46. The quantitative estimate of drug-likeness (QED) is 0.787. The minimum atomic E-state index is -3.75. The maximum atomic E-state index is 12.7. The SMILES string of the molecule is CCCC1CCCN(C(=O)[C@H](C)NS(=O)(=O)c2ccc(OC)cc2)CC1. The Morgan fingerprint density at radius 3 is 2.58 bits per heavy atom. The van der Waals surface area contributed by atoms with Crippen LogP contribution in [0, 0.1) is 5.92 Å². The number of carbonyl (C=O) groups is 1. The predicted octanol–water partition coefficient (Wildman–Crippen LogP) is 2.79. The van der Waals surface area contributed by atoms with Crippen LogP contribution in [-0.4, -0.2) is 45.5 Å². The molecule has 1 fully saturated rings. The summed E-state index contributed by atoms with van der Waals surface area (Å²) in [5, 5.41) is 0. The second-order valence-electron chi connectivity index (χ2n) is 6.93. The zero-order valence-corrected chi connectivity index (χ0v) is 16.7. The van der Waals surface area contributed by atoms with E-state index in [4.69, 9.17) is 4.74 Å². The second-order valence-corrected chi connectivity index (χ2v) is 8.64. The third-order valence-electron chi connectivity index (χ3n) is 4.93. The van der Waals surface area contributed by atoms with Crippen LogP contribution in [0.4, 0.5) is 0 Å². The zero-order valence-electron chi connectivity index (χ0n) is 15.9. The lowest BCUT2D eigenvalue weighted by Gasteiger charge is -2.25. The van der Waals surface area contributed by atoms with Gasteiger partial charge in [0, 0.05) is 13.1 Å². The molecule has 146 valence electrons. The highest BCUT2D eigenvalue weighted by Gasteiger charge is 2.27. The van der Waals surface area contributed by atoms with E-state index in [9.17, 15) is 13.2 Å². The molecule has 1 aromatic carbocycles. The van der Waals surface area contributed by atoms with Crippen molar-refractivity contribution in [1.82, 2.24) is 9.62 Å². The van der Waals surface area contributed by atoms with Crippen molar-refractivity contribution in [3.63, 3.8) is 0 Å². The lowest BCUT2D eigenvalue weighted by atomic mass is 9.96. The Morgan fingerprint density at radius 2 is 1.96 bits per heavy atom. The van der Waals surface area contributed by atoms with Crippen LogP contribution in [-0.2, 0) is 14.8 Å². The molecule has 1 saturated heterocycles. The molecule has 6 nitrogen and oxygen atoms in total. The van der Waals surface area contributed by atoms with Gasteiger partial charge >= 0.3 is 0 Å². The van der Waals surface area contributed by atoms with E-state index < -0.39 is 16.1 Å². The molecule has 1 unspecified atom stereocenters. The molecule has 1 aliphatic rings. The molecule has 0 aliphatic carbocycles. The van der Waals surface area contributed by atoms with Crippen molar-refractivity contribution in [3.05, 3.63) is 24.3 Å². The molecule has 2 atom stereocenters. The third-order valence-corrected chi connectivity index (χ3v) is 6.48. The third kappa shape index (κ3) is 5.45. The Balaban J connectivity index is 1.98. The fraction of sp³-hybridized carbons (Fsp3) is 0.632. The van der Waals surface area contributed by atoms with Crippen molar-refractivity contribution < 1.29 is 17.9 Å². The number of ether oxygens (including phenoxy) is 1. The molecule has 1 heterocycles. The maximum absolute atomic E-state index is 12.7. The van der Waals surface area contributed by atoms with Gasteiger partial charge < -0.3 is 9.64 Å². The number of benzene rings is 1. The first-order chi connectivity index (χ1) is 12.4. The van der Waals surface area contributed by atoms with Crippen LogP contribution in [0.5, 0.6) is 5.75 Å². The van der Waals surface area contributed by atoms with Gasteiger partial charge in [0.05, 0.1) is 18.0 Å². The Morgan fingerprint density at radius 1 is 1.27 bits per heavy atom. The number of methoxy groups -OCH3 is 1. The molecule has 0 aromatic heterocycles. The summed E-state index contributed by atoms with van der Waals surface area (Å²) >= 11 is 0. The number of sulfonamides is 1. The molecule has 0 radical (unpaired) electrons. The lowest BCUT2D eigenvalue weighted by molar-refractivity contribution is -0.132. The Bertz CT molecular complexity index is 688. The highest BCUT2D eigenvalue weighted by atomic mass is 32.2. The van der Waals surface area contributed by atoms with Crippen LogP contribution in [0.1, 0.15) is 46.0 Å². The van der Waals surface area contributed by atoms with Gasteiger partial charge in [-0.3, -0.25) is 4.79 Å². The summed E-state index contributed by atoms with van der Waals surface area (Å²) in [6.45, 7) is 5.20. The number of nitrogens with one attached hydrogen (secondary N) is 1. The summed E-state index contributed by atoms with van der Waals surface area (Å²) in [5.41, 5.74) is 0. The zero-order chi connectivity index (χ0) is 19.2. The average molecular weight is 383 g/mol. The van der Waals surface area contributed by atoms with E-state index >= 15 is 0 Å². The maximum Gasteiger partial charge on any atom is 0.241 e. The van der Waals surface area contributed by atoms with Crippen molar-refractivity contribution in [1.29, 1.82) is 0 Å². The number of rotatable bonds is 7. The van der Waals surface area contributed by atoms with Crippen molar-refractivity contribution in [2.75, 3.05) is 20.2 Å². The first kappa shape index (κ1) is 20.7. The molecular weight excluding hydrogens is 352 g/mol. The van der Waals surface area contributed by atoms with Crippen molar-refractivity contribution in [2.24, 2.45) is 5.92 Å². The van der Waals surface area contributed by atoms with E-state index in [1.165, 1.54) is 25.7 Å². The highest BCUT2D eigenvalue weighted by Crippen LogP contribution is 2.22. The minimum absolute atomic E-state index is 0.122. The Kier molecular flexibility index (Phi) is 7.46. The molecule has 1 amide bonds. The topological polar surface area (TPSA) is 75.7 Å². The summed E-state index contributed by atoms with van der Waals surface area (Å²) in [6, 6.07) is 5.33.